The van der Waals surface area contributed by atoms with Gasteiger partial charge in [-0.3, -0.25) is 9.48 Å². The summed E-state index contributed by atoms with van der Waals surface area (Å²) in [4.78, 5) is 11.4. The maximum absolute atomic E-state index is 11.4. The Kier molecular flexibility index (Phi) is 7.84. The highest BCUT2D eigenvalue weighted by Gasteiger charge is 2.03. The Balaban J connectivity index is 1.90. The lowest BCUT2D eigenvalue weighted by atomic mass is 10.1. The number of nitrogens with zero attached hydrogens (tertiary/aromatic N) is 3. The van der Waals surface area contributed by atoms with Crippen LogP contribution in [0.2, 0.25) is 0 Å². The predicted octanol–water partition coefficient (Wildman–Crippen LogP) is 2.57. The van der Waals surface area contributed by atoms with Crippen molar-refractivity contribution in [1.29, 1.82) is 0 Å². The number of hydrogen-bond acceptors (Lipinski definition) is 4. The minimum absolute atomic E-state index is 0.154. The van der Waals surface area contributed by atoms with Gasteiger partial charge in [0, 0.05) is 6.20 Å². The van der Waals surface area contributed by atoms with Gasteiger partial charge in [0.1, 0.15) is 0 Å². The lowest BCUT2D eigenvalue weighted by molar-refractivity contribution is -0.144. The summed E-state index contributed by atoms with van der Waals surface area (Å²) in [5, 5.41) is 7.46. The fourth-order valence-corrected chi connectivity index (χ4v) is 1.70. The van der Waals surface area contributed by atoms with Crippen LogP contribution < -0.4 is 0 Å². The van der Waals surface area contributed by atoms with E-state index in [0.717, 1.165) is 12.8 Å². The van der Waals surface area contributed by atoms with Crippen molar-refractivity contribution in [2.45, 2.75) is 58.4 Å². The highest BCUT2D eigenvalue weighted by Crippen LogP contribution is 2.05. The molecule has 0 aliphatic rings. The van der Waals surface area contributed by atoms with E-state index in [4.69, 9.17) is 4.74 Å². The van der Waals surface area contributed by atoms with E-state index in [1.54, 1.807) is 17.1 Å². The van der Waals surface area contributed by atoms with Crippen molar-refractivity contribution in [2.75, 3.05) is 6.61 Å². The van der Waals surface area contributed by atoms with Crippen LogP contribution in [0, 0.1) is 0 Å². The number of carbonyl (C=O) groups is 1. The maximum atomic E-state index is 11.4. The number of unbranched alkanes of at least 4 members (excludes halogenated alkanes) is 5. The average Bonchev–Trinajstić information content (AvgIpc) is 2.88. The maximum Gasteiger partial charge on any atom is 0.307 e. The summed E-state index contributed by atoms with van der Waals surface area (Å²) >= 11 is 0. The Morgan fingerprint density at radius 3 is 2.72 bits per heavy atom. The van der Waals surface area contributed by atoms with Gasteiger partial charge < -0.3 is 4.74 Å². The molecule has 5 nitrogen and oxygen atoms in total. The van der Waals surface area contributed by atoms with Crippen molar-refractivity contribution in [3.63, 3.8) is 0 Å². The minimum atomic E-state index is -0.154. The number of aryl methyl sites for hydroxylation is 1. The van der Waals surface area contributed by atoms with E-state index < -0.39 is 0 Å². The number of hydrogen-bond donors (Lipinski definition) is 0. The van der Waals surface area contributed by atoms with E-state index in [-0.39, 0.29) is 5.97 Å². The van der Waals surface area contributed by atoms with Crippen LogP contribution in [0.5, 0.6) is 0 Å². The van der Waals surface area contributed by atoms with Gasteiger partial charge in [0.2, 0.25) is 0 Å². The first-order valence-corrected chi connectivity index (χ1v) is 6.82. The zero-order valence-corrected chi connectivity index (χ0v) is 11.2. The molecule has 0 saturated heterocycles. The number of aromatic nitrogens is 3. The second-order valence-corrected chi connectivity index (χ2v) is 4.40. The largest absolute Gasteiger partial charge is 0.466 e. The molecule has 1 aromatic rings. The highest BCUT2D eigenvalue weighted by molar-refractivity contribution is 5.69. The predicted molar refractivity (Wildman–Crippen MR) is 69.0 cm³/mol. The SMILES string of the molecule is CCCCCCCCOC(=O)CCn1ccnn1. The van der Waals surface area contributed by atoms with Crippen LogP contribution in [0.3, 0.4) is 0 Å². The van der Waals surface area contributed by atoms with E-state index in [1.165, 1.54) is 25.7 Å². The summed E-state index contributed by atoms with van der Waals surface area (Å²) in [6.07, 6.45) is 10.9. The van der Waals surface area contributed by atoms with Crippen molar-refractivity contribution >= 4 is 5.97 Å². The Morgan fingerprint density at radius 1 is 1.22 bits per heavy atom. The molecule has 0 atom stereocenters. The van der Waals surface area contributed by atoms with Crippen LogP contribution in [0.15, 0.2) is 12.4 Å². The number of carbonyl (C=O) groups excluding carboxylic acids is 1. The van der Waals surface area contributed by atoms with Gasteiger partial charge in [0.05, 0.1) is 25.8 Å². The third-order valence-electron chi connectivity index (χ3n) is 2.78. The van der Waals surface area contributed by atoms with E-state index >= 15 is 0 Å². The normalized spacial score (nSPS) is 10.5. The smallest absolute Gasteiger partial charge is 0.307 e. The first-order chi connectivity index (χ1) is 8.83. The quantitative estimate of drug-likeness (QED) is 0.475. The molecule has 102 valence electrons. The molecule has 0 radical (unpaired) electrons. The van der Waals surface area contributed by atoms with Gasteiger partial charge in [-0.05, 0) is 6.42 Å². The van der Waals surface area contributed by atoms with Crippen molar-refractivity contribution in [3.8, 4) is 0 Å². The molecule has 1 aromatic heterocycles. The van der Waals surface area contributed by atoms with E-state index in [9.17, 15) is 4.79 Å². The van der Waals surface area contributed by atoms with Gasteiger partial charge in [0.25, 0.3) is 0 Å². The zero-order valence-electron chi connectivity index (χ0n) is 11.2. The fraction of sp³-hybridized carbons (Fsp3) is 0.769. The fourth-order valence-electron chi connectivity index (χ4n) is 1.70. The lowest BCUT2D eigenvalue weighted by Gasteiger charge is -2.04. The van der Waals surface area contributed by atoms with E-state index in [0.29, 0.717) is 19.6 Å². The van der Waals surface area contributed by atoms with E-state index in [2.05, 4.69) is 17.2 Å². The van der Waals surface area contributed by atoms with Crippen molar-refractivity contribution < 1.29 is 9.53 Å². The monoisotopic (exact) mass is 253 g/mol. The molecule has 0 saturated carbocycles. The standard InChI is InChI=1S/C13H23N3O2/c1-2-3-4-5-6-7-12-18-13(17)8-10-16-11-9-14-15-16/h9,11H,2-8,10,12H2,1H3. The molecule has 18 heavy (non-hydrogen) atoms. The third kappa shape index (κ3) is 7.04. The topological polar surface area (TPSA) is 57.0 Å². The summed E-state index contributed by atoms with van der Waals surface area (Å²) < 4.78 is 6.78. The molecule has 0 spiro atoms. The average molecular weight is 253 g/mol. The Hall–Kier alpha value is -1.39. The van der Waals surface area contributed by atoms with Crippen molar-refractivity contribution in [3.05, 3.63) is 12.4 Å². The molecule has 5 heteroatoms. The number of ether oxygens (including phenoxy) is 1. The van der Waals surface area contributed by atoms with Gasteiger partial charge in [-0.2, -0.15) is 0 Å². The van der Waals surface area contributed by atoms with Crippen LogP contribution in [-0.2, 0) is 16.1 Å². The lowest BCUT2D eigenvalue weighted by Crippen LogP contribution is -2.10. The summed E-state index contributed by atoms with van der Waals surface area (Å²) in [6.45, 7) is 3.29. The van der Waals surface area contributed by atoms with Gasteiger partial charge in [-0.15, -0.1) is 5.10 Å². The Morgan fingerprint density at radius 2 is 2.00 bits per heavy atom. The molecule has 0 aromatic carbocycles. The zero-order chi connectivity index (χ0) is 13.1. The van der Waals surface area contributed by atoms with E-state index in [1.807, 2.05) is 0 Å². The Labute approximate surface area is 109 Å². The van der Waals surface area contributed by atoms with Crippen molar-refractivity contribution in [2.24, 2.45) is 0 Å². The molecule has 0 fully saturated rings. The van der Waals surface area contributed by atoms with Gasteiger partial charge in [-0.1, -0.05) is 44.2 Å². The Bertz CT molecular complexity index is 312. The summed E-state index contributed by atoms with van der Waals surface area (Å²) in [6, 6.07) is 0. The molecular formula is C13H23N3O2. The summed E-state index contributed by atoms with van der Waals surface area (Å²) in [5.74, 6) is -0.154. The molecule has 1 rings (SSSR count). The van der Waals surface area contributed by atoms with Crippen LogP contribution in [0.25, 0.3) is 0 Å². The molecular weight excluding hydrogens is 230 g/mol. The molecule has 0 N–H and O–H groups in total. The van der Waals surface area contributed by atoms with Crippen LogP contribution in [-0.4, -0.2) is 27.6 Å². The van der Waals surface area contributed by atoms with Crippen LogP contribution in [0.4, 0.5) is 0 Å². The van der Waals surface area contributed by atoms with Crippen molar-refractivity contribution in [1.82, 2.24) is 15.0 Å². The molecule has 0 aliphatic carbocycles. The molecule has 0 unspecified atom stereocenters. The molecule has 0 amide bonds. The number of rotatable bonds is 10. The summed E-state index contributed by atoms with van der Waals surface area (Å²) in [5.41, 5.74) is 0. The van der Waals surface area contributed by atoms with Crippen LogP contribution in [0.1, 0.15) is 51.9 Å². The summed E-state index contributed by atoms with van der Waals surface area (Å²) in [7, 11) is 0. The molecule has 0 bridgehead atoms. The minimum Gasteiger partial charge on any atom is -0.466 e. The first kappa shape index (κ1) is 14.7. The van der Waals surface area contributed by atoms with Crippen LogP contribution >= 0.6 is 0 Å². The molecule has 0 aliphatic heterocycles. The second kappa shape index (κ2) is 9.62. The molecule has 1 heterocycles. The van der Waals surface area contributed by atoms with Gasteiger partial charge in [-0.25, -0.2) is 0 Å². The first-order valence-electron chi connectivity index (χ1n) is 6.82. The highest BCUT2D eigenvalue weighted by atomic mass is 16.5. The second-order valence-electron chi connectivity index (χ2n) is 4.40. The van der Waals surface area contributed by atoms with Gasteiger partial charge >= 0.3 is 5.97 Å². The third-order valence-corrected chi connectivity index (χ3v) is 2.78. The number of esters is 1. The van der Waals surface area contributed by atoms with Gasteiger partial charge in [0.15, 0.2) is 0 Å².